The Kier molecular flexibility index (Phi) is 3.40. The van der Waals surface area contributed by atoms with Gasteiger partial charge in [-0.2, -0.15) is 0 Å². The molecule has 3 rings (SSSR count). The van der Waals surface area contributed by atoms with Gasteiger partial charge >= 0.3 is 0 Å². The maximum Gasteiger partial charge on any atom is 0.126 e. The van der Waals surface area contributed by atoms with E-state index in [4.69, 9.17) is 4.74 Å². The van der Waals surface area contributed by atoms with Gasteiger partial charge in [-0.15, -0.1) is 0 Å². The number of aliphatic hydroxyl groups excluding tert-OH is 1. The Hall–Kier alpha value is -1.58. The van der Waals surface area contributed by atoms with Crippen LogP contribution in [0.4, 0.5) is 0 Å². The second kappa shape index (κ2) is 5.19. The average Bonchev–Trinajstić information content (AvgIpc) is 3.28. The lowest BCUT2D eigenvalue weighted by Gasteiger charge is -2.19. The smallest absolute Gasteiger partial charge is 0.126 e. The van der Waals surface area contributed by atoms with E-state index in [0.29, 0.717) is 6.04 Å². The summed E-state index contributed by atoms with van der Waals surface area (Å²) in [4.78, 5) is 0. The molecule has 0 amide bonds. The Bertz CT molecular complexity index is 578. The number of benzene rings is 2. The molecule has 0 radical (unpaired) electrons. The molecule has 0 spiro atoms. The number of fused-ring (bicyclic) bond motifs is 1. The summed E-state index contributed by atoms with van der Waals surface area (Å²) in [6.07, 6.45) is 2.43. The third kappa shape index (κ3) is 2.44. The Morgan fingerprint density at radius 3 is 2.58 bits per heavy atom. The predicted molar refractivity (Wildman–Crippen MR) is 76.5 cm³/mol. The van der Waals surface area contributed by atoms with E-state index in [1.807, 2.05) is 18.2 Å². The van der Waals surface area contributed by atoms with E-state index in [1.54, 1.807) is 7.11 Å². The lowest BCUT2D eigenvalue weighted by atomic mass is 9.98. The van der Waals surface area contributed by atoms with Gasteiger partial charge in [0.25, 0.3) is 0 Å². The quantitative estimate of drug-likeness (QED) is 0.865. The fourth-order valence-corrected chi connectivity index (χ4v) is 2.55. The van der Waals surface area contributed by atoms with Gasteiger partial charge in [0, 0.05) is 11.4 Å². The molecule has 0 heterocycles. The molecule has 0 aliphatic heterocycles. The van der Waals surface area contributed by atoms with Crippen LogP contribution in [0.5, 0.6) is 5.75 Å². The van der Waals surface area contributed by atoms with Gasteiger partial charge in [-0.3, -0.25) is 0 Å². The first-order chi connectivity index (χ1) is 9.33. The van der Waals surface area contributed by atoms with Gasteiger partial charge in [0.05, 0.1) is 19.8 Å². The van der Waals surface area contributed by atoms with Crippen molar-refractivity contribution in [3.8, 4) is 5.75 Å². The van der Waals surface area contributed by atoms with E-state index in [1.165, 1.54) is 12.8 Å². The molecule has 19 heavy (non-hydrogen) atoms. The largest absolute Gasteiger partial charge is 0.496 e. The number of ether oxygens (including phenoxy) is 1. The van der Waals surface area contributed by atoms with Crippen molar-refractivity contribution in [1.82, 2.24) is 5.32 Å². The van der Waals surface area contributed by atoms with Gasteiger partial charge in [-0.25, -0.2) is 0 Å². The molecule has 1 saturated carbocycles. The highest BCUT2D eigenvalue weighted by Crippen LogP contribution is 2.33. The first kappa shape index (κ1) is 12.5. The maximum absolute atomic E-state index is 9.65. The van der Waals surface area contributed by atoms with Crippen LogP contribution in [-0.2, 0) is 0 Å². The number of rotatable bonds is 5. The van der Waals surface area contributed by atoms with E-state index >= 15 is 0 Å². The zero-order valence-corrected chi connectivity index (χ0v) is 11.1. The number of aliphatic hydroxyl groups is 1. The molecule has 3 nitrogen and oxygen atoms in total. The first-order valence-corrected chi connectivity index (χ1v) is 6.76. The molecule has 2 aromatic carbocycles. The molecule has 0 bridgehead atoms. The van der Waals surface area contributed by atoms with Gasteiger partial charge in [-0.1, -0.05) is 30.3 Å². The molecule has 100 valence electrons. The van der Waals surface area contributed by atoms with Crippen molar-refractivity contribution in [2.75, 3.05) is 13.7 Å². The van der Waals surface area contributed by atoms with Crippen molar-refractivity contribution in [2.45, 2.75) is 24.9 Å². The van der Waals surface area contributed by atoms with Crippen LogP contribution >= 0.6 is 0 Å². The van der Waals surface area contributed by atoms with Crippen molar-refractivity contribution in [3.05, 3.63) is 42.0 Å². The Morgan fingerprint density at radius 2 is 1.95 bits per heavy atom. The normalized spacial score (nSPS) is 16.5. The SMILES string of the molecule is COc1ccc(C(CO)NC2CC2)c2ccccc12. The topological polar surface area (TPSA) is 41.5 Å². The molecule has 1 atom stereocenters. The minimum absolute atomic E-state index is 0.00306. The molecule has 0 saturated heterocycles. The second-order valence-electron chi connectivity index (χ2n) is 5.08. The van der Waals surface area contributed by atoms with Crippen molar-refractivity contribution in [3.63, 3.8) is 0 Å². The zero-order chi connectivity index (χ0) is 13.2. The summed E-state index contributed by atoms with van der Waals surface area (Å²) >= 11 is 0. The molecule has 2 aromatic rings. The summed E-state index contributed by atoms with van der Waals surface area (Å²) in [5, 5.41) is 15.4. The predicted octanol–water partition coefficient (Wildman–Crippen LogP) is 2.63. The van der Waals surface area contributed by atoms with Gasteiger partial charge in [0.15, 0.2) is 0 Å². The molecule has 1 aliphatic rings. The molecular weight excluding hydrogens is 238 g/mol. The average molecular weight is 257 g/mol. The van der Waals surface area contributed by atoms with Crippen LogP contribution in [0.3, 0.4) is 0 Å². The van der Waals surface area contributed by atoms with E-state index in [2.05, 4.69) is 23.5 Å². The van der Waals surface area contributed by atoms with Gasteiger partial charge in [-0.05, 0) is 29.9 Å². The van der Waals surface area contributed by atoms with Crippen molar-refractivity contribution < 1.29 is 9.84 Å². The van der Waals surface area contributed by atoms with Gasteiger partial charge < -0.3 is 15.2 Å². The van der Waals surface area contributed by atoms with E-state index in [-0.39, 0.29) is 12.6 Å². The van der Waals surface area contributed by atoms with Crippen LogP contribution in [0.15, 0.2) is 36.4 Å². The van der Waals surface area contributed by atoms with E-state index in [0.717, 1.165) is 22.1 Å². The van der Waals surface area contributed by atoms with E-state index in [9.17, 15) is 5.11 Å². The van der Waals surface area contributed by atoms with Crippen LogP contribution in [0.25, 0.3) is 10.8 Å². The highest BCUT2D eigenvalue weighted by atomic mass is 16.5. The van der Waals surface area contributed by atoms with E-state index < -0.39 is 0 Å². The molecule has 1 aliphatic carbocycles. The van der Waals surface area contributed by atoms with Crippen LogP contribution in [0.2, 0.25) is 0 Å². The zero-order valence-electron chi connectivity index (χ0n) is 11.1. The Balaban J connectivity index is 2.06. The van der Waals surface area contributed by atoms with Crippen molar-refractivity contribution >= 4 is 10.8 Å². The first-order valence-electron chi connectivity index (χ1n) is 6.76. The lowest BCUT2D eigenvalue weighted by molar-refractivity contribution is 0.244. The molecule has 1 fully saturated rings. The summed E-state index contributed by atoms with van der Waals surface area (Å²) in [6.45, 7) is 0.118. The van der Waals surface area contributed by atoms with Gasteiger partial charge in [0.1, 0.15) is 5.75 Å². The molecule has 3 heteroatoms. The van der Waals surface area contributed by atoms with Crippen LogP contribution in [-0.4, -0.2) is 24.9 Å². The number of hydrogen-bond donors (Lipinski definition) is 2. The van der Waals surface area contributed by atoms with Crippen LogP contribution in [0.1, 0.15) is 24.4 Å². The van der Waals surface area contributed by atoms with Gasteiger partial charge in [0.2, 0.25) is 0 Å². The number of hydrogen-bond acceptors (Lipinski definition) is 3. The van der Waals surface area contributed by atoms with Crippen molar-refractivity contribution in [1.29, 1.82) is 0 Å². The molecule has 0 aromatic heterocycles. The Morgan fingerprint density at radius 1 is 1.21 bits per heavy atom. The summed E-state index contributed by atoms with van der Waals surface area (Å²) < 4.78 is 5.41. The second-order valence-corrected chi connectivity index (χ2v) is 5.08. The summed E-state index contributed by atoms with van der Waals surface area (Å²) in [6, 6.07) is 12.8. The fourth-order valence-electron chi connectivity index (χ4n) is 2.55. The summed E-state index contributed by atoms with van der Waals surface area (Å²) in [5.74, 6) is 0.877. The maximum atomic E-state index is 9.65. The minimum atomic E-state index is 0.00306. The fraction of sp³-hybridized carbons (Fsp3) is 0.375. The summed E-state index contributed by atoms with van der Waals surface area (Å²) in [7, 11) is 1.69. The number of methoxy groups -OCH3 is 1. The molecule has 1 unspecified atom stereocenters. The van der Waals surface area contributed by atoms with Crippen LogP contribution < -0.4 is 10.1 Å². The minimum Gasteiger partial charge on any atom is -0.496 e. The lowest BCUT2D eigenvalue weighted by Crippen LogP contribution is -2.26. The Labute approximate surface area is 113 Å². The molecule has 2 N–H and O–H groups in total. The third-order valence-corrected chi connectivity index (χ3v) is 3.71. The highest BCUT2D eigenvalue weighted by molar-refractivity contribution is 5.91. The third-order valence-electron chi connectivity index (χ3n) is 3.71. The van der Waals surface area contributed by atoms with Crippen LogP contribution in [0, 0.1) is 0 Å². The molecular formula is C16H19NO2. The summed E-state index contributed by atoms with van der Waals surface area (Å²) in [5.41, 5.74) is 1.14. The highest BCUT2D eigenvalue weighted by Gasteiger charge is 2.26. The monoisotopic (exact) mass is 257 g/mol. The number of nitrogens with one attached hydrogen (secondary N) is 1. The van der Waals surface area contributed by atoms with Crippen molar-refractivity contribution in [2.24, 2.45) is 0 Å². The standard InChI is InChI=1S/C16H19NO2/c1-19-16-9-8-13(12-4-2-3-5-14(12)16)15(10-18)17-11-6-7-11/h2-5,8-9,11,15,17-18H,6-7,10H2,1H3.